The summed E-state index contributed by atoms with van der Waals surface area (Å²) < 4.78 is 5.77. The predicted molar refractivity (Wildman–Crippen MR) is 119 cm³/mol. The highest BCUT2D eigenvalue weighted by molar-refractivity contribution is 7.97. The Hall–Kier alpha value is -2.96. The molecule has 2 nitrogen and oxygen atoms in total. The Kier molecular flexibility index (Phi) is 5.11. The number of hydrogen-bond acceptors (Lipinski definition) is 2. The minimum Gasteiger partial charge on any atom is -0.442 e. The molecule has 2 aliphatic rings. The smallest absolute Gasteiger partial charge is 0.339 e. The van der Waals surface area contributed by atoms with Crippen LogP contribution in [0.2, 0.25) is 0 Å². The molecule has 0 saturated heterocycles. The fourth-order valence-electron chi connectivity index (χ4n) is 3.31. The van der Waals surface area contributed by atoms with Gasteiger partial charge in [-0.2, -0.15) is 0 Å². The van der Waals surface area contributed by atoms with E-state index in [1.807, 2.05) is 24.3 Å². The van der Waals surface area contributed by atoms with Gasteiger partial charge in [-0.3, -0.25) is 0 Å². The molecule has 0 aromatic heterocycles. The topological polar surface area (TPSA) is 26.3 Å². The first-order chi connectivity index (χ1) is 14.7. The number of benzene rings is 3. The lowest BCUT2D eigenvalue weighted by Crippen LogP contribution is -2.18. The summed E-state index contributed by atoms with van der Waals surface area (Å²) in [6, 6.07) is 28.9. The highest BCUT2D eigenvalue weighted by Gasteiger charge is 2.46. The number of rotatable bonds is 5. The van der Waals surface area contributed by atoms with Crippen molar-refractivity contribution < 1.29 is 9.53 Å². The van der Waals surface area contributed by atoms with Crippen molar-refractivity contribution in [1.82, 2.24) is 0 Å². The van der Waals surface area contributed by atoms with Gasteiger partial charge in [-0.25, -0.2) is 4.79 Å². The van der Waals surface area contributed by atoms with Crippen molar-refractivity contribution in [2.75, 3.05) is 0 Å². The molecule has 2 aliphatic carbocycles. The van der Waals surface area contributed by atoms with Crippen molar-refractivity contribution in [2.24, 2.45) is 5.92 Å². The predicted octanol–water partition coefficient (Wildman–Crippen LogP) is 5.88. The van der Waals surface area contributed by atoms with Crippen LogP contribution >= 0.6 is 0 Å². The third kappa shape index (κ3) is 4.30. The van der Waals surface area contributed by atoms with Crippen molar-refractivity contribution in [3.05, 3.63) is 90.5 Å². The molecule has 3 heteroatoms. The minimum absolute atomic E-state index is 0.219. The van der Waals surface area contributed by atoms with Crippen LogP contribution in [-0.2, 0) is 15.6 Å². The van der Waals surface area contributed by atoms with Crippen molar-refractivity contribution in [3.8, 4) is 11.8 Å². The van der Waals surface area contributed by atoms with Crippen LogP contribution < -0.4 is 0 Å². The number of carbonyl (C=O) groups is 1. The monoisotopic (exact) mass is 411 g/mol. The van der Waals surface area contributed by atoms with E-state index in [0.29, 0.717) is 11.5 Å². The van der Waals surface area contributed by atoms with Gasteiger partial charge in [0.15, 0.2) is 20.3 Å². The van der Waals surface area contributed by atoms with E-state index >= 15 is 0 Å². The maximum atomic E-state index is 12.7. The summed E-state index contributed by atoms with van der Waals surface area (Å²) in [6.45, 7) is 0. The Balaban J connectivity index is 1.37. The molecule has 0 N–H and O–H groups in total. The molecule has 2 saturated carbocycles. The first-order valence-electron chi connectivity index (χ1n) is 10.4. The zero-order valence-corrected chi connectivity index (χ0v) is 17.5. The first-order valence-corrected chi connectivity index (χ1v) is 11.7. The minimum atomic E-state index is -0.531. The van der Waals surface area contributed by atoms with E-state index in [9.17, 15) is 4.79 Å². The number of hydrogen-bond donors (Lipinski definition) is 0. The Morgan fingerprint density at radius 3 is 1.83 bits per heavy atom. The maximum absolute atomic E-state index is 12.7. The maximum Gasteiger partial charge on any atom is 0.339 e. The Morgan fingerprint density at radius 2 is 1.33 bits per heavy atom. The number of ether oxygens (including phenoxy) is 1. The van der Waals surface area contributed by atoms with Gasteiger partial charge in [0.25, 0.3) is 0 Å². The van der Waals surface area contributed by atoms with Crippen LogP contribution in [0, 0.1) is 17.8 Å². The average molecular weight is 412 g/mol. The van der Waals surface area contributed by atoms with Crippen LogP contribution in [0.5, 0.6) is 0 Å². The highest BCUT2D eigenvalue weighted by atomic mass is 32.2. The molecule has 0 unspecified atom stereocenters. The Bertz CT molecular complexity index is 1050. The van der Waals surface area contributed by atoms with E-state index in [0.717, 1.165) is 12.8 Å². The van der Waals surface area contributed by atoms with E-state index in [2.05, 4.69) is 72.5 Å². The molecule has 3 aromatic rings. The zero-order chi connectivity index (χ0) is 20.4. The summed E-state index contributed by atoms with van der Waals surface area (Å²) in [5.41, 5.74) is 0.0550. The summed E-state index contributed by atoms with van der Waals surface area (Å²) >= 11 is 0. The largest absolute Gasteiger partial charge is 0.442 e. The van der Waals surface area contributed by atoms with Gasteiger partial charge < -0.3 is 4.74 Å². The lowest BCUT2D eigenvalue weighted by molar-refractivity contribution is 0.0361. The molecule has 0 spiro atoms. The summed E-state index contributed by atoms with van der Waals surface area (Å²) in [4.78, 5) is 16.4. The zero-order valence-electron chi connectivity index (χ0n) is 16.7. The second-order valence-electron chi connectivity index (χ2n) is 7.88. The van der Waals surface area contributed by atoms with Gasteiger partial charge in [-0.1, -0.05) is 48.2 Å². The van der Waals surface area contributed by atoms with Gasteiger partial charge in [0.2, 0.25) is 0 Å². The Labute approximate surface area is 180 Å². The number of carbonyl (C=O) groups excluding carboxylic acids is 1. The van der Waals surface area contributed by atoms with Gasteiger partial charge in [0, 0.05) is 18.8 Å². The SMILES string of the molecule is O=C(OC1(C#CC2CC2)CC1)c1ccc([S+](c2ccccc2)c2ccccc2)cc1. The van der Waals surface area contributed by atoms with Gasteiger partial charge in [-0.15, -0.1) is 0 Å². The summed E-state index contributed by atoms with van der Waals surface area (Å²) in [5.74, 6) is 6.71. The third-order valence-corrected chi connectivity index (χ3v) is 7.59. The molecule has 0 radical (unpaired) electrons. The van der Waals surface area contributed by atoms with Crippen LogP contribution in [-0.4, -0.2) is 11.6 Å². The second-order valence-corrected chi connectivity index (χ2v) is 9.91. The molecule has 148 valence electrons. The molecule has 0 amide bonds. The molecule has 0 bridgehead atoms. The quantitative estimate of drug-likeness (QED) is 0.297. The highest BCUT2D eigenvalue weighted by Crippen LogP contribution is 2.40. The Morgan fingerprint density at radius 1 is 0.800 bits per heavy atom. The fourth-order valence-corrected chi connectivity index (χ4v) is 5.40. The van der Waals surface area contributed by atoms with Crippen LogP contribution in [0.3, 0.4) is 0 Å². The first kappa shape index (κ1) is 19.0. The molecule has 0 aliphatic heterocycles. The molecular formula is C27H23O2S+. The lowest BCUT2D eigenvalue weighted by Gasteiger charge is -2.11. The molecular weight excluding hydrogens is 388 g/mol. The van der Waals surface area contributed by atoms with Gasteiger partial charge in [0.1, 0.15) is 0 Å². The second kappa shape index (κ2) is 8.05. The molecule has 0 heterocycles. The standard InChI is InChI=1S/C27H23O2S/c28-26(29-27(19-20-27)18-17-21-11-12-21)22-13-15-25(16-14-22)30(23-7-3-1-4-8-23)24-9-5-2-6-10-24/h1-10,13-16,21H,11-12,19-20H2/q+1. The molecule has 3 aromatic carbocycles. The van der Waals surface area contributed by atoms with Crippen LogP contribution in [0.4, 0.5) is 0 Å². The average Bonchev–Trinajstić information content (AvgIpc) is 3.72. The van der Waals surface area contributed by atoms with Gasteiger partial charge in [-0.05, 0) is 61.4 Å². The van der Waals surface area contributed by atoms with E-state index in [1.165, 1.54) is 27.5 Å². The lowest BCUT2D eigenvalue weighted by atomic mass is 10.2. The van der Waals surface area contributed by atoms with Crippen molar-refractivity contribution >= 4 is 16.9 Å². The number of esters is 1. The molecule has 0 atom stereocenters. The summed E-state index contributed by atoms with van der Waals surface area (Å²) in [7, 11) is -0.219. The van der Waals surface area contributed by atoms with Crippen LogP contribution in [0.25, 0.3) is 0 Å². The van der Waals surface area contributed by atoms with Gasteiger partial charge >= 0.3 is 5.97 Å². The normalized spacial score (nSPS) is 16.4. The van der Waals surface area contributed by atoms with E-state index < -0.39 is 5.60 Å². The summed E-state index contributed by atoms with van der Waals surface area (Å²) in [5, 5.41) is 0. The van der Waals surface area contributed by atoms with E-state index in [1.54, 1.807) is 0 Å². The van der Waals surface area contributed by atoms with Crippen molar-refractivity contribution in [1.29, 1.82) is 0 Å². The fraction of sp³-hybridized carbons (Fsp3) is 0.222. The van der Waals surface area contributed by atoms with Crippen molar-refractivity contribution in [3.63, 3.8) is 0 Å². The summed E-state index contributed by atoms with van der Waals surface area (Å²) in [6.07, 6.45) is 4.07. The van der Waals surface area contributed by atoms with Crippen LogP contribution in [0.1, 0.15) is 36.0 Å². The van der Waals surface area contributed by atoms with E-state index in [4.69, 9.17) is 4.74 Å². The van der Waals surface area contributed by atoms with E-state index in [-0.39, 0.29) is 16.9 Å². The van der Waals surface area contributed by atoms with Gasteiger partial charge in [0.05, 0.1) is 16.5 Å². The van der Waals surface area contributed by atoms with Crippen LogP contribution in [0.15, 0.2) is 99.6 Å². The molecule has 5 rings (SSSR count). The molecule has 2 fully saturated rings. The molecule has 30 heavy (non-hydrogen) atoms. The third-order valence-electron chi connectivity index (χ3n) is 5.36. The van der Waals surface area contributed by atoms with Crippen molar-refractivity contribution in [2.45, 2.75) is 46.0 Å².